The lowest BCUT2D eigenvalue weighted by Gasteiger charge is -2.44. The van der Waals surface area contributed by atoms with Crippen molar-refractivity contribution < 1.29 is 19.5 Å². The van der Waals surface area contributed by atoms with E-state index in [0.717, 1.165) is 19.3 Å². The van der Waals surface area contributed by atoms with Gasteiger partial charge in [-0.1, -0.05) is 32.9 Å². The van der Waals surface area contributed by atoms with E-state index in [1.165, 1.54) is 0 Å². The van der Waals surface area contributed by atoms with E-state index in [1.54, 1.807) is 33.7 Å². The number of fused-ring (bicyclic) bond motifs is 1. The number of carbonyl (C=O) groups is 3. The molecule has 37 heavy (non-hydrogen) atoms. The maximum absolute atomic E-state index is 14.5. The first-order chi connectivity index (χ1) is 17.4. The number of thioether (sulfide) groups is 1. The fraction of sp³-hybridized carbons (Fsp3) is 0.759. The highest BCUT2D eigenvalue weighted by atomic mass is 32.2. The van der Waals surface area contributed by atoms with E-state index >= 15 is 0 Å². The van der Waals surface area contributed by atoms with Gasteiger partial charge in [-0.15, -0.1) is 24.9 Å². The van der Waals surface area contributed by atoms with Gasteiger partial charge in [0, 0.05) is 30.4 Å². The van der Waals surface area contributed by atoms with Crippen LogP contribution in [0.25, 0.3) is 0 Å². The number of amides is 3. The van der Waals surface area contributed by atoms with Gasteiger partial charge in [0.05, 0.1) is 29.2 Å². The normalized spacial score (nSPS) is 29.4. The van der Waals surface area contributed by atoms with Crippen LogP contribution in [-0.4, -0.2) is 91.4 Å². The molecule has 8 heteroatoms. The summed E-state index contributed by atoms with van der Waals surface area (Å²) in [7, 11) is 0. The summed E-state index contributed by atoms with van der Waals surface area (Å²) in [4.78, 5) is 48.1. The van der Waals surface area contributed by atoms with Crippen LogP contribution >= 0.6 is 11.8 Å². The molecule has 1 spiro atoms. The highest BCUT2D eigenvalue weighted by molar-refractivity contribution is 8.02. The highest BCUT2D eigenvalue weighted by Crippen LogP contribution is 2.67. The van der Waals surface area contributed by atoms with Crippen LogP contribution in [-0.2, 0) is 14.4 Å². The molecule has 0 saturated carbocycles. The van der Waals surface area contributed by atoms with Crippen molar-refractivity contribution in [2.24, 2.45) is 17.8 Å². The zero-order valence-electron chi connectivity index (χ0n) is 23.6. The highest BCUT2D eigenvalue weighted by Gasteiger charge is 2.74. The second-order valence-corrected chi connectivity index (χ2v) is 13.8. The Morgan fingerprint density at radius 1 is 1.22 bits per heavy atom. The first-order valence-electron chi connectivity index (χ1n) is 13.8. The smallest absolute Gasteiger partial charge is 0.247 e. The van der Waals surface area contributed by atoms with Crippen LogP contribution in [0.15, 0.2) is 25.3 Å². The summed E-state index contributed by atoms with van der Waals surface area (Å²) in [6, 6.07) is -1.19. The third kappa shape index (κ3) is 5.25. The Balaban J connectivity index is 2.13. The van der Waals surface area contributed by atoms with Gasteiger partial charge in [0.1, 0.15) is 6.04 Å². The van der Waals surface area contributed by atoms with Crippen LogP contribution in [0.3, 0.4) is 0 Å². The third-order valence-corrected chi connectivity index (χ3v) is 10.1. The van der Waals surface area contributed by atoms with Gasteiger partial charge < -0.3 is 19.8 Å². The molecule has 3 aliphatic heterocycles. The predicted octanol–water partition coefficient (Wildman–Crippen LogP) is 3.72. The number of carbonyl (C=O) groups excluding carboxylic acids is 3. The zero-order valence-corrected chi connectivity index (χ0v) is 24.4. The van der Waals surface area contributed by atoms with Gasteiger partial charge in [0.25, 0.3) is 0 Å². The summed E-state index contributed by atoms with van der Waals surface area (Å²) < 4.78 is -0.666. The lowest BCUT2D eigenvalue weighted by Crippen LogP contribution is -2.60. The fourth-order valence-corrected chi connectivity index (χ4v) is 8.96. The molecule has 7 nitrogen and oxygen atoms in total. The Labute approximate surface area is 227 Å². The molecule has 0 aromatic rings. The number of hydrogen-bond donors (Lipinski definition) is 1. The number of aliphatic hydroxyl groups is 1. The lowest BCUT2D eigenvalue weighted by atomic mass is 9.70. The number of rotatable bonds is 12. The maximum atomic E-state index is 14.5. The number of nitrogens with zero attached hydrogens (tertiary/aromatic N) is 3. The van der Waals surface area contributed by atoms with E-state index in [1.807, 2.05) is 32.6 Å². The largest absolute Gasteiger partial charge is 0.394 e. The van der Waals surface area contributed by atoms with E-state index in [4.69, 9.17) is 0 Å². The maximum Gasteiger partial charge on any atom is 0.247 e. The van der Waals surface area contributed by atoms with Crippen molar-refractivity contribution in [3.63, 3.8) is 0 Å². The van der Waals surface area contributed by atoms with Crippen molar-refractivity contribution >= 4 is 29.5 Å². The molecule has 3 rings (SSSR count). The van der Waals surface area contributed by atoms with Gasteiger partial charge in [0.2, 0.25) is 17.7 Å². The summed E-state index contributed by atoms with van der Waals surface area (Å²) in [5, 5.41) is 10.5. The Morgan fingerprint density at radius 2 is 1.86 bits per heavy atom. The molecule has 0 aliphatic carbocycles. The molecular weight excluding hydrogens is 486 g/mol. The SMILES string of the molecule is C=CCN(CCC)C(=O)[C@@H]1[C@H]2C(=O)N([C@@H](CO)CC(C)C)C(C(=O)N(CC=C)C(C)(C)C)C23CC[C@H]1S3. The third-order valence-electron chi connectivity index (χ3n) is 8.15. The van der Waals surface area contributed by atoms with Crippen LogP contribution in [0.2, 0.25) is 0 Å². The van der Waals surface area contributed by atoms with Crippen LogP contribution in [0, 0.1) is 17.8 Å². The molecule has 3 fully saturated rings. The topological polar surface area (TPSA) is 81.2 Å². The van der Waals surface area contributed by atoms with Crippen LogP contribution < -0.4 is 0 Å². The van der Waals surface area contributed by atoms with E-state index in [9.17, 15) is 19.5 Å². The molecule has 0 radical (unpaired) electrons. The molecule has 2 unspecified atom stereocenters. The minimum Gasteiger partial charge on any atom is -0.394 e. The summed E-state index contributed by atoms with van der Waals surface area (Å²) >= 11 is 1.69. The molecule has 6 atom stereocenters. The minimum absolute atomic E-state index is 0.00426. The molecule has 0 aromatic carbocycles. The van der Waals surface area contributed by atoms with Crippen molar-refractivity contribution in [1.82, 2.24) is 14.7 Å². The fourth-order valence-electron chi connectivity index (χ4n) is 6.76. The monoisotopic (exact) mass is 533 g/mol. The minimum atomic E-state index is -0.716. The van der Waals surface area contributed by atoms with Crippen molar-refractivity contribution in [3.8, 4) is 0 Å². The molecular formula is C29H47N3O4S. The van der Waals surface area contributed by atoms with E-state index < -0.39 is 34.2 Å². The van der Waals surface area contributed by atoms with Gasteiger partial charge in [0.15, 0.2) is 0 Å². The molecule has 1 N–H and O–H groups in total. The van der Waals surface area contributed by atoms with E-state index in [0.29, 0.717) is 26.1 Å². The number of aliphatic hydroxyl groups excluding tert-OH is 1. The summed E-state index contributed by atoms with van der Waals surface area (Å²) in [5.74, 6) is -1.04. The first-order valence-corrected chi connectivity index (χ1v) is 14.7. The summed E-state index contributed by atoms with van der Waals surface area (Å²) in [5.41, 5.74) is -0.472. The predicted molar refractivity (Wildman–Crippen MR) is 150 cm³/mol. The van der Waals surface area contributed by atoms with Gasteiger partial charge >= 0.3 is 0 Å². The summed E-state index contributed by atoms with van der Waals surface area (Å²) in [6.07, 6.45) is 6.40. The lowest BCUT2D eigenvalue weighted by molar-refractivity contribution is -0.149. The van der Waals surface area contributed by atoms with Crippen molar-refractivity contribution in [1.29, 1.82) is 0 Å². The van der Waals surface area contributed by atoms with Crippen LogP contribution in [0.4, 0.5) is 0 Å². The molecule has 0 aromatic heterocycles. The second kappa shape index (κ2) is 11.5. The second-order valence-electron chi connectivity index (χ2n) is 12.2. The molecule has 3 amide bonds. The van der Waals surface area contributed by atoms with Gasteiger partial charge in [-0.25, -0.2) is 0 Å². The Hall–Kier alpha value is -1.80. The standard InChI is InChI=1S/C29H47N3O4S/c1-9-14-30(15-10-2)25(34)22-21-12-13-29(37-21)23(22)26(35)32(20(18-33)17-19(4)5)24(29)27(36)31(16-11-3)28(6,7)8/h9,11,19-24,33H,1,3,10,12-18H2,2,4-8H3/t20-,21-,22+,23+,24?,29?/m1/s1. The Morgan fingerprint density at radius 3 is 2.38 bits per heavy atom. The van der Waals surface area contributed by atoms with Gasteiger partial charge in [-0.2, -0.15) is 0 Å². The average molecular weight is 534 g/mol. The number of hydrogen-bond acceptors (Lipinski definition) is 5. The van der Waals surface area contributed by atoms with Crippen molar-refractivity contribution in [2.75, 3.05) is 26.2 Å². The Kier molecular flexibility index (Phi) is 9.26. The van der Waals surface area contributed by atoms with Crippen molar-refractivity contribution in [2.45, 2.75) is 94.8 Å². The Bertz CT molecular complexity index is 900. The molecule has 2 bridgehead atoms. The van der Waals surface area contributed by atoms with Crippen molar-refractivity contribution in [3.05, 3.63) is 25.3 Å². The van der Waals surface area contributed by atoms with Crippen LogP contribution in [0.1, 0.15) is 67.2 Å². The average Bonchev–Trinajstić information content (AvgIpc) is 3.46. The first kappa shape index (κ1) is 29.8. The molecule has 208 valence electrons. The summed E-state index contributed by atoms with van der Waals surface area (Å²) in [6.45, 7) is 21.1. The number of likely N-dealkylation sites (tertiary alicyclic amines) is 1. The molecule has 3 saturated heterocycles. The van der Waals surface area contributed by atoms with Gasteiger partial charge in [-0.3, -0.25) is 14.4 Å². The van der Waals surface area contributed by atoms with Crippen LogP contribution in [0.5, 0.6) is 0 Å². The molecule has 3 aliphatic rings. The quantitative estimate of drug-likeness (QED) is 0.387. The van der Waals surface area contributed by atoms with E-state index in [2.05, 4.69) is 27.0 Å². The molecule has 3 heterocycles. The zero-order chi connectivity index (χ0) is 27.7. The van der Waals surface area contributed by atoms with Gasteiger partial charge in [-0.05, 0) is 52.4 Å². The van der Waals surface area contributed by atoms with E-state index in [-0.39, 0.29) is 35.5 Å².